The smallest absolute Gasteiger partial charge is 0.172 e. The van der Waals surface area contributed by atoms with Gasteiger partial charge in [0.2, 0.25) is 0 Å². The maximum Gasteiger partial charge on any atom is 0.172 e. The molecule has 108 valence electrons. The van der Waals surface area contributed by atoms with Crippen LogP contribution in [0.15, 0.2) is 10.5 Å². The van der Waals surface area contributed by atoms with Crippen LogP contribution in [0, 0.1) is 0 Å². The van der Waals surface area contributed by atoms with E-state index >= 15 is 0 Å². The Bertz CT molecular complexity index is 402. The van der Waals surface area contributed by atoms with Crippen LogP contribution in [-0.2, 0) is 12.8 Å². The predicted molar refractivity (Wildman–Crippen MR) is 83.9 cm³/mol. The van der Waals surface area contributed by atoms with Crippen molar-refractivity contribution in [3.05, 3.63) is 21.7 Å². The summed E-state index contributed by atoms with van der Waals surface area (Å²) in [4.78, 5) is 0. The predicted octanol–water partition coefficient (Wildman–Crippen LogP) is 5.33. The minimum atomic E-state index is -0.0225. The first-order chi connectivity index (χ1) is 9.11. The number of aryl methyl sites for hydroxylation is 1. The molecule has 0 aliphatic carbocycles. The van der Waals surface area contributed by atoms with Crippen molar-refractivity contribution in [1.82, 2.24) is 0 Å². The molecule has 1 aromatic carbocycles. The average Bonchev–Trinajstić information content (AvgIpc) is 2.40. The minimum Gasteiger partial charge on any atom is -0.504 e. The summed E-state index contributed by atoms with van der Waals surface area (Å²) in [6.07, 6.45) is 8.97. The summed E-state index contributed by atoms with van der Waals surface area (Å²) >= 11 is 3.43. The molecule has 0 radical (unpaired) electrons. The van der Waals surface area contributed by atoms with Crippen LogP contribution in [0.4, 0.5) is 0 Å². The number of hydrogen-bond donors (Lipinski definition) is 2. The molecule has 0 fully saturated rings. The standard InChI is InChI=1S/C16H25BrO2/c1-3-5-7-9-12-11-14(18)16(19)15(17)13(12)10-8-6-4-2/h11,18-19H,3-10H2,1-2H3. The van der Waals surface area contributed by atoms with Crippen LogP contribution in [-0.4, -0.2) is 10.2 Å². The summed E-state index contributed by atoms with van der Waals surface area (Å²) in [5.74, 6) is -0.0386. The van der Waals surface area contributed by atoms with Crippen molar-refractivity contribution in [3.63, 3.8) is 0 Å². The van der Waals surface area contributed by atoms with Crippen LogP contribution in [0.5, 0.6) is 11.5 Å². The van der Waals surface area contributed by atoms with E-state index in [1.807, 2.05) is 0 Å². The largest absolute Gasteiger partial charge is 0.504 e. The number of phenols is 2. The molecule has 0 heterocycles. The molecule has 2 nitrogen and oxygen atoms in total. The molecule has 19 heavy (non-hydrogen) atoms. The molecule has 0 saturated heterocycles. The third kappa shape index (κ3) is 4.72. The fourth-order valence-electron chi connectivity index (χ4n) is 2.33. The lowest BCUT2D eigenvalue weighted by molar-refractivity contribution is 0.399. The van der Waals surface area contributed by atoms with Crippen LogP contribution >= 0.6 is 15.9 Å². The summed E-state index contributed by atoms with van der Waals surface area (Å²) in [5.41, 5.74) is 2.34. The van der Waals surface area contributed by atoms with E-state index in [1.54, 1.807) is 6.07 Å². The number of rotatable bonds is 8. The second-order valence-corrected chi connectivity index (χ2v) is 5.90. The van der Waals surface area contributed by atoms with Gasteiger partial charge in [-0.2, -0.15) is 0 Å². The molecule has 3 heteroatoms. The van der Waals surface area contributed by atoms with Gasteiger partial charge in [0.15, 0.2) is 11.5 Å². The highest BCUT2D eigenvalue weighted by molar-refractivity contribution is 9.10. The zero-order valence-corrected chi connectivity index (χ0v) is 13.6. The van der Waals surface area contributed by atoms with Crippen molar-refractivity contribution in [2.45, 2.75) is 65.2 Å². The Morgan fingerprint density at radius 2 is 1.53 bits per heavy atom. The Balaban J connectivity index is 2.90. The lowest BCUT2D eigenvalue weighted by Crippen LogP contribution is -1.98. The Morgan fingerprint density at radius 1 is 0.947 bits per heavy atom. The Hall–Kier alpha value is -0.700. The highest BCUT2D eigenvalue weighted by atomic mass is 79.9. The first kappa shape index (κ1) is 16.4. The molecule has 0 amide bonds. The van der Waals surface area contributed by atoms with Crippen molar-refractivity contribution in [3.8, 4) is 11.5 Å². The number of phenolic OH excluding ortho intramolecular Hbond substituents is 2. The summed E-state index contributed by atoms with van der Waals surface area (Å²) in [5, 5.41) is 19.6. The van der Waals surface area contributed by atoms with Gasteiger partial charge in [0.05, 0.1) is 4.47 Å². The van der Waals surface area contributed by atoms with Gasteiger partial charge >= 0.3 is 0 Å². The minimum absolute atomic E-state index is 0.0161. The summed E-state index contributed by atoms with van der Waals surface area (Å²) in [7, 11) is 0. The topological polar surface area (TPSA) is 40.5 Å². The normalized spacial score (nSPS) is 10.9. The number of aromatic hydroxyl groups is 2. The average molecular weight is 329 g/mol. The SMILES string of the molecule is CCCCCc1cc(O)c(O)c(Br)c1CCCCC. The van der Waals surface area contributed by atoms with Gasteiger partial charge in [0.1, 0.15) is 0 Å². The van der Waals surface area contributed by atoms with Gasteiger partial charge in [0.25, 0.3) is 0 Å². The van der Waals surface area contributed by atoms with Gasteiger partial charge in [-0.1, -0.05) is 39.5 Å². The molecule has 0 aromatic heterocycles. The van der Waals surface area contributed by atoms with Crippen molar-refractivity contribution in [2.24, 2.45) is 0 Å². The third-order valence-electron chi connectivity index (χ3n) is 3.49. The fourth-order valence-corrected chi connectivity index (χ4v) is 2.98. The molecule has 0 aliphatic heterocycles. The fraction of sp³-hybridized carbons (Fsp3) is 0.625. The van der Waals surface area contributed by atoms with Gasteiger partial charge in [-0.15, -0.1) is 0 Å². The monoisotopic (exact) mass is 328 g/mol. The third-order valence-corrected chi connectivity index (χ3v) is 4.35. The van der Waals surface area contributed by atoms with E-state index in [4.69, 9.17) is 0 Å². The van der Waals surface area contributed by atoms with E-state index in [0.717, 1.165) is 25.7 Å². The highest BCUT2D eigenvalue weighted by Crippen LogP contribution is 2.39. The van der Waals surface area contributed by atoms with E-state index in [1.165, 1.54) is 36.8 Å². The highest BCUT2D eigenvalue weighted by Gasteiger charge is 2.15. The van der Waals surface area contributed by atoms with Gasteiger partial charge in [0, 0.05) is 0 Å². The van der Waals surface area contributed by atoms with Crippen LogP contribution in [0.2, 0.25) is 0 Å². The molecular formula is C16H25BrO2. The lowest BCUT2D eigenvalue weighted by atomic mass is 9.96. The molecular weight excluding hydrogens is 304 g/mol. The quantitative estimate of drug-likeness (QED) is 0.500. The zero-order valence-electron chi connectivity index (χ0n) is 12.0. The van der Waals surface area contributed by atoms with E-state index in [-0.39, 0.29) is 11.5 Å². The first-order valence-electron chi connectivity index (χ1n) is 7.33. The number of benzene rings is 1. The Morgan fingerprint density at radius 3 is 2.11 bits per heavy atom. The maximum absolute atomic E-state index is 9.84. The van der Waals surface area contributed by atoms with Gasteiger partial charge in [-0.25, -0.2) is 0 Å². The van der Waals surface area contributed by atoms with Crippen molar-refractivity contribution in [2.75, 3.05) is 0 Å². The van der Waals surface area contributed by atoms with Gasteiger partial charge < -0.3 is 10.2 Å². The van der Waals surface area contributed by atoms with Gasteiger partial charge in [-0.05, 0) is 58.8 Å². The van der Waals surface area contributed by atoms with Crippen LogP contribution in [0.3, 0.4) is 0 Å². The van der Waals surface area contributed by atoms with Crippen molar-refractivity contribution >= 4 is 15.9 Å². The summed E-state index contributed by atoms with van der Waals surface area (Å²) < 4.78 is 0.676. The second kappa shape index (κ2) is 8.47. The van der Waals surface area contributed by atoms with Gasteiger partial charge in [-0.3, -0.25) is 0 Å². The summed E-state index contributed by atoms with van der Waals surface area (Å²) in [6.45, 7) is 4.37. The number of hydrogen-bond acceptors (Lipinski definition) is 2. The molecule has 0 bridgehead atoms. The Labute approximate surface area is 125 Å². The van der Waals surface area contributed by atoms with Crippen LogP contribution < -0.4 is 0 Å². The zero-order chi connectivity index (χ0) is 14.3. The van der Waals surface area contributed by atoms with E-state index < -0.39 is 0 Å². The van der Waals surface area contributed by atoms with E-state index in [0.29, 0.717) is 4.47 Å². The van der Waals surface area contributed by atoms with Crippen molar-refractivity contribution in [1.29, 1.82) is 0 Å². The molecule has 0 atom stereocenters. The molecule has 1 aromatic rings. The van der Waals surface area contributed by atoms with Crippen LogP contribution in [0.25, 0.3) is 0 Å². The molecule has 0 saturated carbocycles. The number of halogens is 1. The van der Waals surface area contributed by atoms with E-state index in [9.17, 15) is 10.2 Å². The molecule has 0 aliphatic rings. The number of unbranched alkanes of at least 4 members (excludes halogenated alkanes) is 4. The molecule has 1 rings (SSSR count). The Kier molecular flexibility index (Phi) is 7.29. The maximum atomic E-state index is 9.84. The van der Waals surface area contributed by atoms with E-state index in [2.05, 4.69) is 29.8 Å². The van der Waals surface area contributed by atoms with Crippen molar-refractivity contribution < 1.29 is 10.2 Å². The molecule has 0 spiro atoms. The summed E-state index contributed by atoms with van der Waals surface area (Å²) in [6, 6.07) is 1.73. The second-order valence-electron chi connectivity index (χ2n) is 5.11. The van der Waals surface area contributed by atoms with Crippen LogP contribution in [0.1, 0.15) is 63.5 Å². The first-order valence-corrected chi connectivity index (χ1v) is 8.13. The molecule has 0 unspecified atom stereocenters. The molecule has 2 N–H and O–H groups in total. The lowest BCUT2D eigenvalue weighted by Gasteiger charge is -2.14.